The molecule has 2 N–H and O–H groups in total. The van der Waals surface area contributed by atoms with Crippen LogP contribution in [0.25, 0.3) is 22.6 Å². The van der Waals surface area contributed by atoms with Gasteiger partial charge in [0.2, 0.25) is 0 Å². The molecular formula is C14H17N7. The number of aromatic nitrogens is 6. The number of aryl methyl sites for hydroxylation is 3. The molecule has 0 atom stereocenters. The fourth-order valence-electron chi connectivity index (χ4n) is 2.38. The largest absolute Gasteiger partial charge is 0.384 e. The van der Waals surface area contributed by atoms with Crippen molar-refractivity contribution in [3.8, 4) is 22.6 Å². The van der Waals surface area contributed by atoms with Crippen molar-refractivity contribution in [1.29, 1.82) is 0 Å². The second-order valence-corrected chi connectivity index (χ2v) is 5.07. The Hall–Kier alpha value is -2.70. The summed E-state index contributed by atoms with van der Waals surface area (Å²) in [5.41, 5.74) is 10.4. The van der Waals surface area contributed by atoms with Crippen molar-refractivity contribution in [2.45, 2.75) is 13.8 Å². The standard InChI is InChI=1S/C14H17N7/c1-8-13(9(2)21(4)19-8)14-17-11(5-12(15)18-14)10-6-16-20(3)7-10/h5-7H,1-4H3,(H2,15,17,18). The molecule has 0 amide bonds. The van der Waals surface area contributed by atoms with E-state index in [9.17, 15) is 0 Å². The van der Waals surface area contributed by atoms with Crippen LogP contribution >= 0.6 is 0 Å². The van der Waals surface area contributed by atoms with Crippen molar-refractivity contribution < 1.29 is 0 Å². The van der Waals surface area contributed by atoms with E-state index in [0.717, 1.165) is 28.2 Å². The molecule has 3 aromatic rings. The van der Waals surface area contributed by atoms with Gasteiger partial charge in [-0.15, -0.1) is 0 Å². The molecule has 0 aliphatic heterocycles. The minimum absolute atomic E-state index is 0.432. The summed E-state index contributed by atoms with van der Waals surface area (Å²) in [6.45, 7) is 3.93. The van der Waals surface area contributed by atoms with Gasteiger partial charge in [-0.3, -0.25) is 9.36 Å². The van der Waals surface area contributed by atoms with Crippen LogP contribution in [0.15, 0.2) is 18.5 Å². The van der Waals surface area contributed by atoms with Crippen LogP contribution in [0.1, 0.15) is 11.4 Å². The average molecular weight is 283 g/mol. The number of hydrogen-bond donors (Lipinski definition) is 1. The van der Waals surface area contributed by atoms with E-state index in [2.05, 4.69) is 20.2 Å². The molecule has 3 heterocycles. The lowest BCUT2D eigenvalue weighted by Gasteiger charge is -2.05. The summed E-state index contributed by atoms with van der Waals surface area (Å²) in [5, 5.41) is 8.57. The maximum Gasteiger partial charge on any atom is 0.165 e. The van der Waals surface area contributed by atoms with E-state index >= 15 is 0 Å². The Morgan fingerprint density at radius 3 is 2.48 bits per heavy atom. The third-order valence-electron chi connectivity index (χ3n) is 3.48. The third kappa shape index (κ3) is 2.26. The van der Waals surface area contributed by atoms with Gasteiger partial charge in [0, 0.05) is 37.6 Å². The van der Waals surface area contributed by atoms with Crippen molar-refractivity contribution >= 4 is 5.82 Å². The quantitative estimate of drug-likeness (QED) is 0.769. The molecule has 7 nitrogen and oxygen atoms in total. The van der Waals surface area contributed by atoms with E-state index in [1.807, 2.05) is 38.8 Å². The Balaban J connectivity index is 2.18. The van der Waals surface area contributed by atoms with Gasteiger partial charge in [0.05, 0.1) is 23.1 Å². The van der Waals surface area contributed by atoms with Gasteiger partial charge >= 0.3 is 0 Å². The van der Waals surface area contributed by atoms with Crippen LogP contribution < -0.4 is 5.73 Å². The molecule has 0 aromatic carbocycles. The van der Waals surface area contributed by atoms with Crippen LogP contribution in [0.5, 0.6) is 0 Å². The van der Waals surface area contributed by atoms with Crippen LogP contribution in [-0.4, -0.2) is 29.5 Å². The lowest BCUT2D eigenvalue weighted by Crippen LogP contribution is -1.99. The van der Waals surface area contributed by atoms with Gasteiger partial charge in [-0.25, -0.2) is 9.97 Å². The number of hydrogen-bond acceptors (Lipinski definition) is 5. The number of nitrogens with zero attached hydrogens (tertiary/aromatic N) is 6. The van der Waals surface area contributed by atoms with E-state index in [4.69, 9.17) is 5.73 Å². The number of nitrogens with two attached hydrogens (primary N) is 1. The van der Waals surface area contributed by atoms with E-state index in [1.54, 1.807) is 16.9 Å². The minimum atomic E-state index is 0.432. The fraction of sp³-hybridized carbons (Fsp3) is 0.286. The van der Waals surface area contributed by atoms with Gasteiger partial charge in [0.15, 0.2) is 5.82 Å². The number of anilines is 1. The first-order valence-corrected chi connectivity index (χ1v) is 6.60. The summed E-state index contributed by atoms with van der Waals surface area (Å²) in [7, 11) is 3.77. The van der Waals surface area contributed by atoms with Gasteiger partial charge in [-0.1, -0.05) is 0 Å². The zero-order valence-electron chi connectivity index (χ0n) is 12.5. The molecule has 0 aliphatic rings. The zero-order chi connectivity index (χ0) is 15.1. The predicted octanol–water partition coefficient (Wildman–Crippen LogP) is 1.48. The zero-order valence-corrected chi connectivity index (χ0v) is 12.5. The van der Waals surface area contributed by atoms with Gasteiger partial charge in [0.25, 0.3) is 0 Å². The first-order valence-electron chi connectivity index (χ1n) is 6.60. The maximum absolute atomic E-state index is 5.94. The molecule has 0 fully saturated rings. The van der Waals surface area contributed by atoms with Crippen molar-refractivity contribution in [2.24, 2.45) is 14.1 Å². The summed E-state index contributed by atoms with van der Waals surface area (Å²) < 4.78 is 3.55. The molecule has 7 heteroatoms. The first-order chi connectivity index (χ1) is 9.95. The highest BCUT2D eigenvalue weighted by atomic mass is 15.3. The van der Waals surface area contributed by atoms with Crippen LogP contribution in [0.4, 0.5) is 5.82 Å². The van der Waals surface area contributed by atoms with Crippen LogP contribution in [0.2, 0.25) is 0 Å². The molecule has 0 aliphatic carbocycles. The van der Waals surface area contributed by atoms with E-state index in [0.29, 0.717) is 11.6 Å². The molecule has 0 spiro atoms. The Labute approximate surface area is 122 Å². The summed E-state index contributed by atoms with van der Waals surface area (Å²) >= 11 is 0. The second kappa shape index (κ2) is 4.69. The first kappa shape index (κ1) is 13.3. The van der Waals surface area contributed by atoms with E-state index in [-0.39, 0.29) is 0 Å². The monoisotopic (exact) mass is 283 g/mol. The van der Waals surface area contributed by atoms with Gasteiger partial charge in [-0.2, -0.15) is 10.2 Å². The summed E-state index contributed by atoms with van der Waals surface area (Å²) in [4.78, 5) is 8.98. The lowest BCUT2D eigenvalue weighted by molar-refractivity contribution is 0.731. The van der Waals surface area contributed by atoms with Crippen molar-refractivity contribution in [3.05, 3.63) is 29.8 Å². The predicted molar refractivity (Wildman–Crippen MR) is 80.3 cm³/mol. The van der Waals surface area contributed by atoms with E-state index in [1.165, 1.54) is 0 Å². The third-order valence-corrected chi connectivity index (χ3v) is 3.48. The SMILES string of the molecule is Cc1nn(C)c(C)c1-c1nc(N)cc(-c2cnn(C)c2)n1. The summed E-state index contributed by atoms with van der Waals surface area (Å²) in [6, 6.07) is 1.75. The summed E-state index contributed by atoms with van der Waals surface area (Å²) in [5.74, 6) is 1.03. The molecule has 0 radical (unpaired) electrons. The van der Waals surface area contributed by atoms with Crippen LogP contribution in [-0.2, 0) is 14.1 Å². The Morgan fingerprint density at radius 2 is 1.90 bits per heavy atom. The maximum atomic E-state index is 5.94. The van der Waals surface area contributed by atoms with Gasteiger partial charge in [-0.05, 0) is 13.8 Å². The average Bonchev–Trinajstić information content (AvgIpc) is 2.94. The van der Waals surface area contributed by atoms with Gasteiger partial charge in [0.1, 0.15) is 5.82 Å². The van der Waals surface area contributed by atoms with Gasteiger partial charge < -0.3 is 5.73 Å². The molecular weight excluding hydrogens is 266 g/mol. The molecule has 0 saturated carbocycles. The van der Waals surface area contributed by atoms with Crippen LogP contribution in [0.3, 0.4) is 0 Å². The molecule has 21 heavy (non-hydrogen) atoms. The Morgan fingerprint density at radius 1 is 1.14 bits per heavy atom. The molecule has 0 unspecified atom stereocenters. The summed E-state index contributed by atoms with van der Waals surface area (Å²) in [6.07, 6.45) is 3.66. The number of nitrogen functional groups attached to an aromatic ring is 1. The normalized spacial score (nSPS) is 11.0. The minimum Gasteiger partial charge on any atom is -0.384 e. The van der Waals surface area contributed by atoms with Crippen molar-refractivity contribution in [3.63, 3.8) is 0 Å². The highest BCUT2D eigenvalue weighted by molar-refractivity contribution is 5.68. The highest BCUT2D eigenvalue weighted by Crippen LogP contribution is 2.27. The molecule has 0 saturated heterocycles. The Kier molecular flexibility index (Phi) is 2.97. The second-order valence-electron chi connectivity index (χ2n) is 5.07. The molecule has 3 rings (SSSR count). The molecule has 3 aromatic heterocycles. The fourth-order valence-corrected chi connectivity index (χ4v) is 2.38. The van der Waals surface area contributed by atoms with Crippen molar-refractivity contribution in [1.82, 2.24) is 29.5 Å². The Bertz CT molecular complexity index is 813. The van der Waals surface area contributed by atoms with Crippen molar-refractivity contribution in [2.75, 3.05) is 5.73 Å². The smallest absolute Gasteiger partial charge is 0.165 e. The van der Waals surface area contributed by atoms with Crippen LogP contribution in [0, 0.1) is 13.8 Å². The lowest BCUT2D eigenvalue weighted by atomic mass is 10.1. The topological polar surface area (TPSA) is 87.4 Å². The number of rotatable bonds is 2. The van der Waals surface area contributed by atoms with E-state index < -0.39 is 0 Å². The molecule has 0 bridgehead atoms. The highest BCUT2D eigenvalue weighted by Gasteiger charge is 2.16. The molecule has 108 valence electrons.